The summed E-state index contributed by atoms with van der Waals surface area (Å²) in [6.07, 6.45) is -2.94. The van der Waals surface area contributed by atoms with Gasteiger partial charge in [0.2, 0.25) is 5.91 Å². The van der Waals surface area contributed by atoms with E-state index in [9.17, 15) is 18.0 Å². The minimum Gasteiger partial charge on any atom is -0.342 e. The molecule has 2 aliphatic heterocycles. The van der Waals surface area contributed by atoms with Gasteiger partial charge in [-0.05, 0) is 48.2 Å². The molecule has 0 aromatic heterocycles. The molecule has 1 N–H and O–H groups in total. The molecule has 0 bridgehead atoms. The second-order valence-corrected chi connectivity index (χ2v) is 8.43. The zero-order valence-corrected chi connectivity index (χ0v) is 17.1. The normalized spacial score (nSPS) is 19.9. The lowest BCUT2D eigenvalue weighted by Gasteiger charge is -2.42. The summed E-state index contributed by atoms with van der Waals surface area (Å²) in [5.41, 5.74) is 0.774. The number of rotatable bonds is 4. The van der Waals surface area contributed by atoms with Gasteiger partial charge in [0, 0.05) is 31.2 Å². The topological polar surface area (TPSA) is 35.6 Å². The van der Waals surface area contributed by atoms with Crippen LogP contribution in [0.5, 0.6) is 0 Å². The molecule has 2 aromatic rings. The highest BCUT2D eigenvalue weighted by Crippen LogP contribution is 2.34. The summed E-state index contributed by atoms with van der Waals surface area (Å²) < 4.78 is 38.2. The Kier molecular flexibility index (Phi) is 5.79. The monoisotopic (exact) mass is 437 g/mol. The minimum absolute atomic E-state index is 0.0608. The Morgan fingerprint density at radius 2 is 1.50 bits per heavy atom. The number of amides is 1. The molecule has 2 heterocycles. The lowest BCUT2D eigenvalue weighted by molar-refractivity contribution is -0.137. The van der Waals surface area contributed by atoms with Crippen molar-refractivity contribution in [2.24, 2.45) is 0 Å². The number of carbonyl (C=O) groups is 1. The van der Waals surface area contributed by atoms with Crippen molar-refractivity contribution in [3.05, 3.63) is 70.2 Å². The molecule has 0 atom stereocenters. The van der Waals surface area contributed by atoms with Crippen molar-refractivity contribution >= 4 is 17.5 Å². The highest BCUT2D eigenvalue weighted by molar-refractivity contribution is 6.30. The maximum Gasteiger partial charge on any atom is 0.416 e. The largest absolute Gasteiger partial charge is 0.416 e. The molecule has 2 aliphatic rings. The first-order chi connectivity index (χ1) is 14.3. The van der Waals surface area contributed by atoms with Gasteiger partial charge in [-0.25, -0.2) is 0 Å². The average molecular weight is 438 g/mol. The van der Waals surface area contributed by atoms with E-state index in [0.717, 1.165) is 23.3 Å². The molecule has 8 heteroatoms. The van der Waals surface area contributed by atoms with Crippen LogP contribution in [0.4, 0.5) is 13.2 Å². The van der Waals surface area contributed by atoms with Gasteiger partial charge in [-0.3, -0.25) is 14.6 Å². The first kappa shape index (κ1) is 21.2. The van der Waals surface area contributed by atoms with Crippen LogP contribution in [-0.2, 0) is 24.1 Å². The molecular formula is C22H23ClF3N3O. The fourth-order valence-electron chi connectivity index (χ4n) is 4.33. The van der Waals surface area contributed by atoms with Crippen LogP contribution in [0.3, 0.4) is 0 Å². The van der Waals surface area contributed by atoms with Crippen LogP contribution in [-0.4, -0.2) is 41.0 Å². The Morgan fingerprint density at radius 1 is 0.933 bits per heavy atom. The zero-order valence-electron chi connectivity index (χ0n) is 16.4. The van der Waals surface area contributed by atoms with Gasteiger partial charge in [-0.1, -0.05) is 35.9 Å². The van der Waals surface area contributed by atoms with Gasteiger partial charge < -0.3 is 5.32 Å². The smallest absolute Gasteiger partial charge is 0.342 e. The second kappa shape index (κ2) is 8.21. The molecule has 0 unspecified atom stereocenters. The van der Waals surface area contributed by atoms with Crippen molar-refractivity contribution in [2.75, 3.05) is 19.8 Å². The number of nitrogens with zero attached hydrogens (tertiary/aromatic N) is 2. The Bertz CT molecular complexity index is 891. The van der Waals surface area contributed by atoms with E-state index in [1.54, 1.807) is 0 Å². The van der Waals surface area contributed by atoms with Gasteiger partial charge in [0.25, 0.3) is 0 Å². The van der Waals surface area contributed by atoms with Crippen molar-refractivity contribution in [2.45, 2.75) is 37.6 Å². The Labute approximate surface area is 178 Å². The van der Waals surface area contributed by atoms with E-state index in [1.165, 1.54) is 12.1 Å². The molecule has 0 saturated carbocycles. The van der Waals surface area contributed by atoms with Crippen molar-refractivity contribution in [3.63, 3.8) is 0 Å². The van der Waals surface area contributed by atoms with Crippen molar-refractivity contribution in [1.29, 1.82) is 0 Å². The first-order valence-corrected chi connectivity index (χ1v) is 10.3. The van der Waals surface area contributed by atoms with Crippen molar-refractivity contribution in [1.82, 2.24) is 15.1 Å². The molecule has 30 heavy (non-hydrogen) atoms. The van der Waals surface area contributed by atoms with E-state index in [4.69, 9.17) is 11.6 Å². The minimum atomic E-state index is -4.32. The van der Waals surface area contributed by atoms with Crippen LogP contribution in [0.25, 0.3) is 0 Å². The van der Waals surface area contributed by atoms with Crippen LogP contribution < -0.4 is 5.32 Å². The van der Waals surface area contributed by atoms with E-state index in [2.05, 4.69) is 15.1 Å². The predicted molar refractivity (Wildman–Crippen MR) is 109 cm³/mol. The highest BCUT2D eigenvalue weighted by Gasteiger charge is 2.49. The van der Waals surface area contributed by atoms with Gasteiger partial charge in [0.15, 0.2) is 0 Å². The molecule has 160 valence electrons. The van der Waals surface area contributed by atoms with E-state index in [1.807, 2.05) is 24.3 Å². The van der Waals surface area contributed by atoms with Gasteiger partial charge >= 0.3 is 6.18 Å². The molecule has 0 radical (unpaired) electrons. The summed E-state index contributed by atoms with van der Waals surface area (Å²) in [5.74, 6) is 0.0608. The molecular weight excluding hydrogens is 415 g/mol. The van der Waals surface area contributed by atoms with Crippen LogP contribution in [0.15, 0.2) is 48.5 Å². The van der Waals surface area contributed by atoms with E-state index in [0.29, 0.717) is 50.7 Å². The quantitative estimate of drug-likeness (QED) is 0.775. The number of piperidine rings is 1. The molecule has 2 saturated heterocycles. The van der Waals surface area contributed by atoms with E-state index in [-0.39, 0.29) is 5.91 Å². The van der Waals surface area contributed by atoms with Gasteiger partial charge in [-0.15, -0.1) is 0 Å². The molecule has 2 fully saturated rings. The summed E-state index contributed by atoms with van der Waals surface area (Å²) in [7, 11) is 0. The third-order valence-corrected chi connectivity index (χ3v) is 6.37. The summed E-state index contributed by atoms with van der Waals surface area (Å²) in [6, 6.07) is 12.9. The molecule has 1 spiro atoms. The lowest BCUT2D eigenvalue weighted by atomic mass is 9.85. The van der Waals surface area contributed by atoms with Crippen LogP contribution in [0.2, 0.25) is 5.02 Å². The van der Waals surface area contributed by atoms with Crippen molar-refractivity contribution in [3.8, 4) is 0 Å². The van der Waals surface area contributed by atoms with Crippen LogP contribution in [0, 0.1) is 0 Å². The van der Waals surface area contributed by atoms with Crippen molar-refractivity contribution < 1.29 is 18.0 Å². The summed E-state index contributed by atoms with van der Waals surface area (Å²) in [5, 5.41) is 3.66. The summed E-state index contributed by atoms with van der Waals surface area (Å²) >= 11 is 5.97. The lowest BCUT2D eigenvalue weighted by Crippen LogP contribution is -2.55. The number of alkyl halides is 3. The maximum absolute atomic E-state index is 12.7. The summed E-state index contributed by atoms with van der Waals surface area (Å²) in [4.78, 5) is 17.1. The first-order valence-electron chi connectivity index (χ1n) is 9.93. The fourth-order valence-corrected chi connectivity index (χ4v) is 4.45. The SMILES string of the molecule is O=C1NCN(Cc2ccc(Cl)cc2)C12CCN(Cc1ccc(C(F)(F)F)cc1)CC2. The number of likely N-dealkylation sites (tertiary alicyclic amines) is 1. The van der Waals surface area contributed by atoms with Gasteiger partial charge in [-0.2, -0.15) is 13.2 Å². The number of halogens is 4. The summed E-state index contributed by atoms with van der Waals surface area (Å²) in [6.45, 7) is 3.18. The number of hydrogen-bond donors (Lipinski definition) is 1. The zero-order chi connectivity index (χ0) is 21.4. The third-order valence-electron chi connectivity index (χ3n) is 6.12. The van der Waals surface area contributed by atoms with Gasteiger partial charge in [0.1, 0.15) is 5.54 Å². The Morgan fingerprint density at radius 3 is 2.10 bits per heavy atom. The van der Waals surface area contributed by atoms with Crippen LogP contribution >= 0.6 is 11.6 Å². The standard InChI is InChI=1S/C22H23ClF3N3O/c23-19-7-3-17(4-8-19)14-29-15-27-20(30)21(29)9-11-28(12-10-21)13-16-1-5-18(6-2-16)22(24,25)26/h1-8H,9-15H2,(H,27,30). The molecule has 1 amide bonds. The second-order valence-electron chi connectivity index (χ2n) is 7.99. The van der Waals surface area contributed by atoms with E-state index >= 15 is 0 Å². The Hall–Kier alpha value is -2.09. The van der Waals surface area contributed by atoms with Crippen LogP contribution in [0.1, 0.15) is 29.5 Å². The third kappa shape index (κ3) is 4.33. The number of nitrogens with one attached hydrogen (secondary N) is 1. The molecule has 4 nitrogen and oxygen atoms in total. The molecule has 4 rings (SSSR count). The highest BCUT2D eigenvalue weighted by atomic mass is 35.5. The molecule has 0 aliphatic carbocycles. The van der Waals surface area contributed by atoms with Gasteiger partial charge in [0.05, 0.1) is 12.2 Å². The average Bonchev–Trinajstić information content (AvgIpc) is 3.01. The maximum atomic E-state index is 12.7. The van der Waals surface area contributed by atoms with E-state index < -0.39 is 17.3 Å². The fraction of sp³-hybridized carbons (Fsp3) is 0.409. The predicted octanol–water partition coefficient (Wildman–Crippen LogP) is 4.28. The Balaban J connectivity index is 1.39. The number of hydrogen-bond acceptors (Lipinski definition) is 3. The number of benzene rings is 2. The number of carbonyl (C=O) groups excluding carboxylic acids is 1. The molecule has 2 aromatic carbocycles.